The van der Waals surface area contributed by atoms with Gasteiger partial charge in [0.1, 0.15) is 17.2 Å². The summed E-state index contributed by atoms with van der Waals surface area (Å²) in [6, 6.07) is 18.9. The maximum atomic E-state index is 12.6. The molecule has 1 heterocycles. The third-order valence-electron chi connectivity index (χ3n) is 4.58. The lowest BCUT2D eigenvalue weighted by molar-refractivity contribution is 0.101. The van der Waals surface area contributed by atoms with Crippen LogP contribution < -0.4 is 14.2 Å². The molecule has 0 saturated heterocycles. The number of methoxy groups -OCH3 is 2. The summed E-state index contributed by atoms with van der Waals surface area (Å²) in [5.41, 5.74) is 0.438. The molecule has 0 saturated carbocycles. The molecule has 0 fully saturated rings. The summed E-state index contributed by atoms with van der Waals surface area (Å²) in [5.74, 6) is 2.14. The van der Waals surface area contributed by atoms with Gasteiger partial charge in [0, 0.05) is 5.39 Å². The van der Waals surface area contributed by atoms with Gasteiger partial charge in [-0.3, -0.25) is 4.79 Å². The summed E-state index contributed by atoms with van der Waals surface area (Å²) in [6.45, 7) is 0.138. The Morgan fingerprint density at radius 1 is 0.968 bits per heavy atom. The van der Waals surface area contributed by atoms with Gasteiger partial charge in [-0.25, -0.2) is 0 Å². The molecule has 7 nitrogen and oxygen atoms in total. The third-order valence-corrected chi connectivity index (χ3v) is 5.40. The Hall–Kier alpha value is -3.52. The summed E-state index contributed by atoms with van der Waals surface area (Å²) in [6.07, 6.45) is 0. The molecule has 31 heavy (non-hydrogen) atoms. The van der Waals surface area contributed by atoms with Crippen molar-refractivity contribution in [1.29, 1.82) is 0 Å². The van der Waals surface area contributed by atoms with E-state index in [0.29, 0.717) is 28.2 Å². The Morgan fingerprint density at radius 3 is 2.65 bits per heavy atom. The first-order valence-electron chi connectivity index (χ1n) is 9.49. The van der Waals surface area contributed by atoms with Crippen LogP contribution in [0, 0.1) is 0 Å². The number of carbonyl (C=O) groups is 1. The van der Waals surface area contributed by atoms with Crippen molar-refractivity contribution in [3.05, 3.63) is 72.1 Å². The molecule has 4 aromatic rings. The molecular formula is C23H20N2O5S. The number of thioether (sulfide) groups is 1. The van der Waals surface area contributed by atoms with Crippen molar-refractivity contribution in [2.45, 2.75) is 11.8 Å². The monoisotopic (exact) mass is 436 g/mol. The highest BCUT2D eigenvalue weighted by molar-refractivity contribution is 7.99. The second-order valence-corrected chi connectivity index (χ2v) is 7.43. The van der Waals surface area contributed by atoms with E-state index in [9.17, 15) is 4.79 Å². The average molecular weight is 436 g/mol. The SMILES string of the molecule is COc1ccc(OC)c(C(=O)CSc2nnc(COc3cccc4ccccc34)o2)c1. The molecule has 8 heteroatoms. The summed E-state index contributed by atoms with van der Waals surface area (Å²) in [5, 5.41) is 10.4. The van der Waals surface area contributed by atoms with Crippen LogP contribution >= 0.6 is 11.8 Å². The van der Waals surface area contributed by atoms with Gasteiger partial charge in [0.2, 0.25) is 0 Å². The molecule has 0 atom stereocenters. The van der Waals surface area contributed by atoms with E-state index < -0.39 is 0 Å². The fraction of sp³-hybridized carbons (Fsp3) is 0.174. The zero-order valence-corrected chi connectivity index (χ0v) is 17.8. The van der Waals surface area contributed by atoms with E-state index in [0.717, 1.165) is 28.3 Å². The van der Waals surface area contributed by atoms with Crippen molar-refractivity contribution in [2.24, 2.45) is 0 Å². The Kier molecular flexibility index (Phi) is 6.37. The van der Waals surface area contributed by atoms with Crippen LogP contribution in [0.5, 0.6) is 17.2 Å². The lowest BCUT2D eigenvalue weighted by atomic mass is 10.1. The van der Waals surface area contributed by atoms with Crippen molar-refractivity contribution < 1.29 is 23.4 Å². The minimum Gasteiger partial charge on any atom is -0.497 e. The van der Waals surface area contributed by atoms with Crippen LogP contribution in [0.15, 0.2) is 70.3 Å². The van der Waals surface area contributed by atoms with E-state index in [1.807, 2.05) is 42.5 Å². The predicted octanol–water partition coefficient (Wildman–Crippen LogP) is 4.79. The van der Waals surface area contributed by atoms with E-state index in [2.05, 4.69) is 10.2 Å². The van der Waals surface area contributed by atoms with E-state index in [1.54, 1.807) is 25.3 Å². The van der Waals surface area contributed by atoms with Crippen LogP contribution in [0.25, 0.3) is 10.8 Å². The number of ether oxygens (including phenoxy) is 3. The highest BCUT2D eigenvalue weighted by Crippen LogP contribution is 2.28. The van der Waals surface area contributed by atoms with Gasteiger partial charge in [-0.1, -0.05) is 48.2 Å². The lowest BCUT2D eigenvalue weighted by Crippen LogP contribution is -2.05. The van der Waals surface area contributed by atoms with Crippen LogP contribution in [0.1, 0.15) is 16.2 Å². The number of benzene rings is 3. The molecule has 0 radical (unpaired) electrons. The van der Waals surface area contributed by atoms with E-state index in [1.165, 1.54) is 7.11 Å². The van der Waals surface area contributed by atoms with Crippen LogP contribution in [-0.4, -0.2) is 36.0 Å². The summed E-state index contributed by atoms with van der Waals surface area (Å²) in [7, 11) is 3.07. The number of nitrogens with zero attached hydrogens (tertiary/aromatic N) is 2. The number of carbonyl (C=O) groups excluding carboxylic acids is 1. The van der Waals surface area contributed by atoms with E-state index >= 15 is 0 Å². The first kappa shape index (κ1) is 20.7. The maximum absolute atomic E-state index is 12.6. The average Bonchev–Trinajstić information content (AvgIpc) is 3.28. The second-order valence-electron chi connectivity index (χ2n) is 6.51. The molecule has 0 spiro atoms. The molecule has 0 unspecified atom stereocenters. The van der Waals surface area contributed by atoms with E-state index in [-0.39, 0.29) is 18.1 Å². The second kappa shape index (κ2) is 9.53. The minimum absolute atomic E-state index is 0.120. The molecular weight excluding hydrogens is 416 g/mol. The van der Waals surface area contributed by atoms with Crippen molar-refractivity contribution in [3.8, 4) is 17.2 Å². The Balaban J connectivity index is 1.38. The van der Waals surface area contributed by atoms with Crippen molar-refractivity contribution in [1.82, 2.24) is 10.2 Å². The number of Topliss-reactive ketones (excluding diaryl/α,β-unsaturated/α-hetero) is 1. The van der Waals surface area contributed by atoms with Gasteiger partial charge in [0.05, 0.1) is 25.5 Å². The van der Waals surface area contributed by atoms with Crippen LogP contribution in [0.4, 0.5) is 0 Å². The van der Waals surface area contributed by atoms with Gasteiger partial charge in [0.15, 0.2) is 12.4 Å². The van der Waals surface area contributed by atoms with Crippen LogP contribution in [0.3, 0.4) is 0 Å². The number of rotatable bonds is 9. The number of hydrogen-bond donors (Lipinski definition) is 0. The fourth-order valence-electron chi connectivity index (χ4n) is 3.05. The normalized spacial score (nSPS) is 10.8. The quantitative estimate of drug-likeness (QED) is 0.273. The van der Waals surface area contributed by atoms with Gasteiger partial charge < -0.3 is 18.6 Å². The molecule has 158 valence electrons. The molecule has 0 aliphatic carbocycles. The topological polar surface area (TPSA) is 83.7 Å². The Morgan fingerprint density at radius 2 is 1.81 bits per heavy atom. The Labute approximate surface area is 183 Å². The molecule has 0 amide bonds. The predicted molar refractivity (Wildman–Crippen MR) is 117 cm³/mol. The van der Waals surface area contributed by atoms with Gasteiger partial charge in [0.25, 0.3) is 11.1 Å². The molecule has 0 bridgehead atoms. The molecule has 3 aromatic carbocycles. The Bertz CT molecular complexity index is 1200. The standard InChI is InChI=1S/C23H20N2O5S/c1-27-16-10-11-20(28-2)18(12-16)19(26)14-31-23-25-24-22(30-23)13-29-21-9-5-7-15-6-3-4-8-17(15)21/h3-12H,13-14H2,1-2H3. The highest BCUT2D eigenvalue weighted by Gasteiger charge is 2.16. The number of aromatic nitrogens is 2. The largest absolute Gasteiger partial charge is 0.497 e. The van der Waals surface area contributed by atoms with Gasteiger partial charge in [-0.15, -0.1) is 10.2 Å². The first-order chi connectivity index (χ1) is 15.2. The highest BCUT2D eigenvalue weighted by atomic mass is 32.2. The number of fused-ring (bicyclic) bond motifs is 1. The third kappa shape index (κ3) is 4.80. The first-order valence-corrected chi connectivity index (χ1v) is 10.5. The lowest BCUT2D eigenvalue weighted by Gasteiger charge is -2.09. The minimum atomic E-state index is -0.132. The van der Waals surface area contributed by atoms with Gasteiger partial charge in [-0.05, 0) is 29.7 Å². The summed E-state index contributed by atoms with van der Waals surface area (Å²) < 4.78 is 21.9. The fourth-order valence-corrected chi connectivity index (χ4v) is 3.72. The zero-order valence-electron chi connectivity index (χ0n) is 17.0. The van der Waals surface area contributed by atoms with Crippen molar-refractivity contribution in [3.63, 3.8) is 0 Å². The molecule has 1 aromatic heterocycles. The molecule has 0 aliphatic rings. The zero-order chi connectivity index (χ0) is 21.6. The molecule has 0 aliphatic heterocycles. The van der Waals surface area contributed by atoms with Crippen molar-refractivity contribution in [2.75, 3.05) is 20.0 Å². The van der Waals surface area contributed by atoms with Crippen LogP contribution in [-0.2, 0) is 6.61 Å². The summed E-state index contributed by atoms with van der Waals surface area (Å²) in [4.78, 5) is 12.6. The summed E-state index contributed by atoms with van der Waals surface area (Å²) >= 11 is 1.16. The molecule has 4 rings (SSSR count). The maximum Gasteiger partial charge on any atom is 0.277 e. The van der Waals surface area contributed by atoms with Gasteiger partial charge >= 0.3 is 0 Å². The van der Waals surface area contributed by atoms with Crippen LogP contribution in [0.2, 0.25) is 0 Å². The smallest absolute Gasteiger partial charge is 0.277 e. The van der Waals surface area contributed by atoms with Crippen molar-refractivity contribution >= 4 is 28.3 Å². The van der Waals surface area contributed by atoms with Gasteiger partial charge in [-0.2, -0.15) is 0 Å². The van der Waals surface area contributed by atoms with E-state index in [4.69, 9.17) is 18.6 Å². The number of hydrogen-bond acceptors (Lipinski definition) is 8. The number of ketones is 1. The molecule has 0 N–H and O–H groups in total.